The molecule has 196 valence electrons. The van der Waals surface area contributed by atoms with Gasteiger partial charge in [-0.2, -0.15) is 23.4 Å². The average Bonchev–Trinajstić information content (AvgIpc) is 3.37. The molecule has 1 saturated heterocycles. The van der Waals surface area contributed by atoms with E-state index in [9.17, 15) is 22.8 Å². The van der Waals surface area contributed by atoms with Crippen LogP contribution < -0.4 is 9.80 Å². The Kier molecular flexibility index (Phi) is 6.20. The topological polar surface area (TPSA) is 79.5 Å². The normalized spacial score (nSPS) is 16.9. The molecule has 2 aromatic heterocycles. The van der Waals surface area contributed by atoms with Crippen molar-refractivity contribution in [2.45, 2.75) is 45.1 Å². The van der Waals surface area contributed by atoms with Crippen molar-refractivity contribution < 1.29 is 22.8 Å². The smallest absolute Gasteiger partial charge is 0.356 e. The zero-order valence-corrected chi connectivity index (χ0v) is 20.9. The summed E-state index contributed by atoms with van der Waals surface area (Å²) in [6.45, 7) is 3.14. The van der Waals surface area contributed by atoms with Gasteiger partial charge in [-0.15, -0.1) is 0 Å². The molecule has 3 aromatic rings. The van der Waals surface area contributed by atoms with Crippen LogP contribution in [-0.4, -0.2) is 55.9 Å². The van der Waals surface area contributed by atoms with Crippen LogP contribution in [0.3, 0.4) is 0 Å². The van der Waals surface area contributed by atoms with E-state index < -0.39 is 11.7 Å². The van der Waals surface area contributed by atoms with Gasteiger partial charge in [0, 0.05) is 45.0 Å². The average molecular weight is 516 g/mol. The van der Waals surface area contributed by atoms with E-state index in [0.717, 1.165) is 23.7 Å². The maximum atomic E-state index is 13.7. The van der Waals surface area contributed by atoms with Crippen LogP contribution in [0.4, 0.5) is 29.6 Å². The van der Waals surface area contributed by atoms with Gasteiger partial charge in [0.05, 0.1) is 29.9 Å². The van der Waals surface area contributed by atoms with Crippen LogP contribution in [0.2, 0.25) is 0 Å². The number of amides is 2. The van der Waals surface area contributed by atoms with Gasteiger partial charge in [0.15, 0.2) is 12.1 Å². The maximum Gasteiger partial charge on any atom is 0.416 e. The number of rotatable bonds is 5. The van der Waals surface area contributed by atoms with Crippen molar-refractivity contribution in [3.63, 3.8) is 0 Å². The van der Waals surface area contributed by atoms with Gasteiger partial charge in [-0.1, -0.05) is 18.2 Å². The molecule has 0 saturated carbocycles. The van der Waals surface area contributed by atoms with Crippen molar-refractivity contribution in [1.29, 1.82) is 0 Å². The summed E-state index contributed by atoms with van der Waals surface area (Å²) in [4.78, 5) is 30.5. The first-order valence-electron chi connectivity index (χ1n) is 12.1. The van der Waals surface area contributed by atoms with Crippen molar-refractivity contribution in [3.05, 3.63) is 58.4 Å². The first kappa shape index (κ1) is 24.8. The van der Waals surface area contributed by atoms with Crippen LogP contribution >= 0.6 is 0 Å². The Hall–Kier alpha value is -3.83. The Bertz CT molecular complexity index is 1340. The number of anilines is 2. The molecule has 4 heterocycles. The highest BCUT2D eigenvalue weighted by molar-refractivity contribution is 5.94. The van der Waals surface area contributed by atoms with Gasteiger partial charge in [0.25, 0.3) is 0 Å². The van der Waals surface area contributed by atoms with E-state index in [-0.39, 0.29) is 24.2 Å². The molecule has 0 bridgehead atoms. The zero-order valence-electron chi connectivity index (χ0n) is 20.9. The number of alkyl halides is 3. The fourth-order valence-electron chi connectivity index (χ4n) is 5.46. The quantitative estimate of drug-likeness (QED) is 0.482. The Morgan fingerprint density at radius 1 is 1.11 bits per heavy atom. The molecule has 37 heavy (non-hydrogen) atoms. The minimum atomic E-state index is -4.53. The third kappa shape index (κ3) is 4.44. The highest BCUT2D eigenvalue weighted by Gasteiger charge is 2.40. The number of aryl methyl sites for hydroxylation is 3. The zero-order chi connectivity index (χ0) is 26.5. The van der Waals surface area contributed by atoms with Gasteiger partial charge in [-0.25, -0.2) is 4.79 Å². The SMILES string of the molecule is Cc1nn(C)c(N2CCC(N3Cc4cn(C)nc4N(Cc4ccccc4C(F)(F)F)C3=O)CC2)c1C=O. The van der Waals surface area contributed by atoms with E-state index in [2.05, 4.69) is 15.1 Å². The molecule has 0 N–H and O–H groups in total. The molecule has 12 heteroatoms. The number of aldehydes is 1. The number of hydrogen-bond donors (Lipinski definition) is 0. The molecule has 9 nitrogen and oxygen atoms in total. The molecule has 5 rings (SSSR count). The van der Waals surface area contributed by atoms with E-state index >= 15 is 0 Å². The van der Waals surface area contributed by atoms with Gasteiger partial charge in [-0.05, 0) is 31.4 Å². The van der Waals surface area contributed by atoms with Gasteiger partial charge >= 0.3 is 12.2 Å². The second-order valence-electron chi connectivity index (χ2n) is 9.59. The summed E-state index contributed by atoms with van der Waals surface area (Å²) in [5.41, 5.74) is 1.27. The largest absolute Gasteiger partial charge is 0.416 e. The summed E-state index contributed by atoms with van der Waals surface area (Å²) in [6, 6.07) is 4.86. The van der Waals surface area contributed by atoms with Gasteiger partial charge < -0.3 is 9.80 Å². The summed E-state index contributed by atoms with van der Waals surface area (Å²) in [7, 11) is 3.53. The lowest BCUT2D eigenvalue weighted by atomic mass is 10.0. The maximum absolute atomic E-state index is 13.7. The molecule has 2 aliphatic heterocycles. The molecular weight excluding hydrogens is 487 g/mol. The molecule has 0 aliphatic carbocycles. The van der Waals surface area contributed by atoms with Crippen LogP contribution in [0.5, 0.6) is 0 Å². The summed E-state index contributed by atoms with van der Waals surface area (Å²) in [5.74, 6) is 1.15. The number of aromatic nitrogens is 4. The van der Waals surface area contributed by atoms with Crippen molar-refractivity contribution in [2.24, 2.45) is 14.1 Å². The number of piperidine rings is 1. The number of carbonyl (C=O) groups is 2. The molecule has 0 radical (unpaired) electrons. The monoisotopic (exact) mass is 515 g/mol. The van der Waals surface area contributed by atoms with Crippen molar-refractivity contribution >= 4 is 24.0 Å². The summed E-state index contributed by atoms with van der Waals surface area (Å²) in [5, 5.41) is 8.76. The minimum absolute atomic E-state index is 0.0181. The lowest BCUT2D eigenvalue weighted by Gasteiger charge is -2.43. The molecule has 1 fully saturated rings. The predicted molar refractivity (Wildman–Crippen MR) is 130 cm³/mol. The Labute approximate surface area is 212 Å². The molecule has 0 unspecified atom stereocenters. The second kappa shape index (κ2) is 9.24. The Morgan fingerprint density at radius 2 is 1.81 bits per heavy atom. The summed E-state index contributed by atoms with van der Waals surface area (Å²) < 4.78 is 44.3. The lowest BCUT2D eigenvalue weighted by molar-refractivity contribution is -0.138. The van der Waals surface area contributed by atoms with Gasteiger partial charge in [0.1, 0.15) is 5.82 Å². The van der Waals surface area contributed by atoms with Crippen LogP contribution in [0.25, 0.3) is 0 Å². The minimum Gasteiger partial charge on any atom is -0.356 e. The molecule has 2 aliphatic rings. The van der Waals surface area contributed by atoms with E-state index in [4.69, 9.17) is 0 Å². The number of benzene rings is 1. The first-order valence-corrected chi connectivity index (χ1v) is 12.1. The van der Waals surface area contributed by atoms with Gasteiger partial charge in [0.2, 0.25) is 0 Å². The number of hydrogen-bond acceptors (Lipinski definition) is 5. The standard InChI is InChI=1S/C25H28F3N7O2/c1-16-20(15-36)23(32(3)29-16)33-10-8-19(9-11-33)34-14-18-12-31(2)30-22(18)35(24(34)37)13-17-6-4-5-7-21(17)25(26,27)28/h4-7,12,15,19H,8-11,13-14H2,1-3H3. The van der Waals surface area contributed by atoms with E-state index in [1.807, 2.05) is 0 Å². The highest BCUT2D eigenvalue weighted by Crippen LogP contribution is 2.36. The van der Waals surface area contributed by atoms with Crippen molar-refractivity contribution in [3.8, 4) is 0 Å². The van der Waals surface area contributed by atoms with Crippen LogP contribution in [0.15, 0.2) is 30.5 Å². The third-order valence-corrected chi connectivity index (χ3v) is 7.17. The fraction of sp³-hybridized carbons (Fsp3) is 0.440. The van der Waals surface area contributed by atoms with Gasteiger partial charge in [-0.3, -0.25) is 19.1 Å². The van der Waals surface area contributed by atoms with E-state index in [1.54, 1.807) is 47.5 Å². The van der Waals surface area contributed by atoms with E-state index in [0.29, 0.717) is 49.6 Å². The number of nitrogens with zero attached hydrogens (tertiary/aromatic N) is 7. The molecular formula is C25H28F3N7O2. The number of fused-ring (bicyclic) bond motifs is 1. The van der Waals surface area contributed by atoms with Crippen molar-refractivity contribution in [1.82, 2.24) is 24.5 Å². The Morgan fingerprint density at radius 3 is 2.49 bits per heavy atom. The van der Waals surface area contributed by atoms with Crippen LogP contribution in [0.1, 0.15) is 45.6 Å². The molecule has 0 atom stereocenters. The van der Waals surface area contributed by atoms with Crippen molar-refractivity contribution in [2.75, 3.05) is 22.9 Å². The third-order valence-electron chi connectivity index (χ3n) is 7.17. The number of urea groups is 1. The summed E-state index contributed by atoms with van der Waals surface area (Å²) >= 11 is 0. The highest BCUT2D eigenvalue weighted by atomic mass is 19.4. The first-order chi connectivity index (χ1) is 17.6. The lowest BCUT2D eigenvalue weighted by Crippen LogP contribution is -2.54. The Balaban J connectivity index is 1.39. The number of carbonyl (C=O) groups excluding carboxylic acids is 2. The molecule has 0 spiro atoms. The van der Waals surface area contributed by atoms with E-state index in [1.165, 1.54) is 17.0 Å². The fourth-order valence-corrected chi connectivity index (χ4v) is 5.46. The summed E-state index contributed by atoms with van der Waals surface area (Å²) in [6.07, 6.45) is -0.604. The molecule has 1 aromatic carbocycles. The molecule has 2 amide bonds. The van der Waals surface area contributed by atoms with Crippen LogP contribution in [-0.2, 0) is 33.4 Å². The number of halogens is 3. The van der Waals surface area contributed by atoms with Crippen LogP contribution in [0, 0.1) is 6.92 Å². The second-order valence-corrected chi connectivity index (χ2v) is 9.59. The predicted octanol–water partition coefficient (Wildman–Crippen LogP) is 3.90.